The monoisotopic (exact) mass is 304 g/mol. The molecule has 0 aliphatic carbocycles. The number of aromatic nitrogens is 2. The smallest absolute Gasteiger partial charge is 0.109 e. The highest BCUT2D eigenvalue weighted by Crippen LogP contribution is 2.34. The van der Waals surface area contributed by atoms with Crippen LogP contribution in [-0.2, 0) is 18.2 Å². The van der Waals surface area contributed by atoms with Crippen molar-refractivity contribution >= 4 is 11.5 Å². The topological polar surface area (TPSA) is 110 Å². The summed E-state index contributed by atoms with van der Waals surface area (Å²) in [5, 5.41) is 20.4. The molecule has 6 N–H and O–H groups in total. The van der Waals surface area contributed by atoms with E-state index in [1.807, 2.05) is 13.1 Å². The third kappa shape index (κ3) is 2.80. The number of nitrogen functional groups attached to an aromatic ring is 2. The van der Waals surface area contributed by atoms with Gasteiger partial charge in [0.25, 0.3) is 0 Å². The Hall–Kier alpha value is -2.05. The Morgan fingerprint density at radius 1 is 1.05 bits per heavy atom. The molecule has 0 aliphatic rings. The molecule has 22 heavy (non-hydrogen) atoms. The predicted molar refractivity (Wildman–Crippen MR) is 88.0 cm³/mol. The maximum Gasteiger partial charge on any atom is 0.109 e. The zero-order chi connectivity index (χ0) is 16.9. The number of rotatable bonds is 3. The lowest BCUT2D eigenvalue weighted by Crippen LogP contribution is -2.20. The van der Waals surface area contributed by atoms with Gasteiger partial charge in [0.2, 0.25) is 0 Å². The van der Waals surface area contributed by atoms with Crippen LogP contribution in [0.1, 0.15) is 39.0 Å². The summed E-state index contributed by atoms with van der Waals surface area (Å²) in [5.41, 5.74) is 12.7. The van der Waals surface area contributed by atoms with Crippen molar-refractivity contribution in [2.24, 2.45) is 7.05 Å². The van der Waals surface area contributed by atoms with Crippen LogP contribution < -0.4 is 11.5 Å². The van der Waals surface area contributed by atoms with E-state index < -0.39 is 11.2 Å². The first-order valence-electron chi connectivity index (χ1n) is 7.10. The molecule has 0 aliphatic heterocycles. The van der Waals surface area contributed by atoms with E-state index >= 15 is 0 Å². The number of hydrogen-bond acceptors (Lipinski definition) is 5. The second-order valence-electron chi connectivity index (χ2n) is 6.64. The Balaban J connectivity index is 2.64. The third-order valence-corrected chi connectivity index (χ3v) is 3.71. The van der Waals surface area contributed by atoms with Gasteiger partial charge in [-0.25, -0.2) is 4.98 Å². The van der Waals surface area contributed by atoms with Crippen molar-refractivity contribution in [1.82, 2.24) is 9.55 Å². The van der Waals surface area contributed by atoms with Crippen LogP contribution in [-0.4, -0.2) is 19.8 Å². The molecule has 0 bridgehead atoms. The molecule has 0 spiro atoms. The fraction of sp³-hybridized carbons (Fsp3) is 0.438. The molecule has 2 aromatic rings. The summed E-state index contributed by atoms with van der Waals surface area (Å²) < 4.78 is 1.76. The number of nitrogens with two attached hydrogens (primary N) is 2. The fourth-order valence-electron chi connectivity index (χ4n) is 2.46. The zero-order valence-corrected chi connectivity index (χ0v) is 13.7. The van der Waals surface area contributed by atoms with Crippen molar-refractivity contribution in [2.75, 3.05) is 11.5 Å². The molecule has 0 atom stereocenters. The largest absolute Gasteiger partial charge is 0.397 e. The highest BCUT2D eigenvalue weighted by atomic mass is 16.3. The minimum Gasteiger partial charge on any atom is -0.397 e. The number of anilines is 2. The van der Waals surface area contributed by atoms with Crippen molar-refractivity contribution in [3.63, 3.8) is 0 Å². The van der Waals surface area contributed by atoms with E-state index in [1.165, 1.54) is 0 Å². The Labute approximate surface area is 130 Å². The van der Waals surface area contributed by atoms with Gasteiger partial charge >= 0.3 is 0 Å². The van der Waals surface area contributed by atoms with Gasteiger partial charge in [-0.15, -0.1) is 0 Å². The van der Waals surface area contributed by atoms with E-state index in [9.17, 15) is 10.2 Å². The Morgan fingerprint density at radius 2 is 1.64 bits per heavy atom. The second kappa shape index (κ2) is 5.00. The van der Waals surface area contributed by atoms with Crippen LogP contribution in [0, 0.1) is 0 Å². The van der Waals surface area contributed by atoms with Crippen molar-refractivity contribution in [3.05, 3.63) is 29.5 Å². The first-order valence-corrected chi connectivity index (χ1v) is 7.10. The molecule has 0 saturated heterocycles. The van der Waals surface area contributed by atoms with Crippen molar-refractivity contribution in [1.29, 1.82) is 0 Å². The van der Waals surface area contributed by atoms with Gasteiger partial charge in [0.1, 0.15) is 11.4 Å². The van der Waals surface area contributed by atoms with Crippen LogP contribution in [0.15, 0.2) is 18.2 Å². The van der Waals surface area contributed by atoms with Crippen molar-refractivity contribution in [3.8, 4) is 11.4 Å². The first-order chi connectivity index (χ1) is 9.93. The van der Waals surface area contributed by atoms with Crippen LogP contribution in [0.2, 0.25) is 0 Å². The van der Waals surface area contributed by atoms with E-state index in [-0.39, 0.29) is 0 Å². The van der Waals surface area contributed by atoms with Crippen molar-refractivity contribution < 1.29 is 10.2 Å². The van der Waals surface area contributed by atoms with Crippen LogP contribution in [0.5, 0.6) is 0 Å². The highest BCUT2D eigenvalue weighted by Gasteiger charge is 2.26. The minimum atomic E-state index is -1.14. The van der Waals surface area contributed by atoms with Gasteiger partial charge in [0.15, 0.2) is 0 Å². The van der Waals surface area contributed by atoms with Gasteiger partial charge in [-0.1, -0.05) is 0 Å². The maximum absolute atomic E-state index is 10.2. The van der Waals surface area contributed by atoms with Gasteiger partial charge in [0, 0.05) is 12.6 Å². The van der Waals surface area contributed by atoms with Gasteiger partial charge in [-0.3, -0.25) is 0 Å². The van der Waals surface area contributed by atoms with E-state index in [4.69, 9.17) is 11.5 Å². The lowest BCUT2D eigenvalue weighted by molar-refractivity contribution is 0.0747. The van der Waals surface area contributed by atoms with Gasteiger partial charge in [-0.2, -0.15) is 0 Å². The lowest BCUT2D eigenvalue weighted by Gasteiger charge is -2.19. The van der Waals surface area contributed by atoms with Crippen LogP contribution in [0.3, 0.4) is 0 Å². The molecule has 0 radical (unpaired) electrons. The lowest BCUT2D eigenvalue weighted by atomic mass is 10.00. The van der Waals surface area contributed by atoms with Crippen molar-refractivity contribution in [2.45, 2.75) is 38.9 Å². The molecular formula is C16H24N4O2. The number of hydrogen-bond donors (Lipinski definition) is 4. The zero-order valence-electron chi connectivity index (χ0n) is 13.7. The number of pyridine rings is 1. The van der Waals surface area contributed by atoms with Crippen LogP contribution in [0.25, 0.3) is 11.4 Å². The highest BCUT2D eigenvalue weighted by molar-refractivity contribution is 5.66. The Bertz CT molecular complexity index is 706. The molecular weight excluding hydrogens is 280 g/mol. The molecule has 120 valence electrons. The number of aliphatic hydroxyl groups is 2. The molecule has 2 heterocycles. The minimum absolute atomic E-state index is 0.412. The Morgan fingerprint density at radius 3 is 2.09 bits per heavy atom. The second-order valence-corrected chi connectivity index (χ2v) is 6.64. The first kappa shape index (κ1) is 16.3. The summed E-state index contributed by atoms with van der Waals surface area (Å²) in [6, 6.07) is 5.29. The molecule has 2 rings (SSSR count). The average molecular weight is 304 g/mol. The van der Waals surface area contributed by atoms with E-state index in [0.29, 0.717) is 28.5 Å². The van der Waals surface area contributed by atoms with Crippen LogP contribution >= 0.6 is 0 Å². The Kier molecular flexibility index (Phi) is 3.71. The third-order valence-electron chi connectivity index (χ3n) is 3.71. The van der Waals surface area contributed by atoms with Gasteiger partial charge in [0.05, 0.1) is 28.4 Å². The number of nitrogens with zero attached hydrogens (tertiary/aromatic N) is 2. The molecule has 0 amide bonds. The average Bonchev–Trinajstić information content (AvgIpc) is 2.65. The summed E-state index contributed by atoms with van der Waals surface area (Å²) in [5.74, 6) is 0.478. The quantitative estimate of drug-likeness (QED) is 0.690. The molecule has 0 aromatic carbocycles. The molecule has 0 fully saturated rings. The molecule has 0 unspecified atom stereocenters. The molecule has 0 saturated carbocycles. The molecule has 6 nitrogen and oxygen atoms in total. The summed E-state index contributed by atoms with van der Waals surface area (Å²) >= 11 is 0. The van der Waals surface area contributed by atoms with E-state index in [0.717, 1.165) is 5.69 Å². The normalized spacial score (nSPS) is 12.7. The summed E-state index contributed by atoms with van der Waals surface area (Å²) in [4.78, 5) is 4.48. The predicted octanol–water partition coefficient (Wildman–Crippen LogP) is 1.71. The summed E-state index contributed by atoms with van der Waals surface area (Å²) in [6.45, 7) is 6.64. The van der Waals surface area contributed by atoms with Gasteiger partial charge in [-0.05, 0) is 45.9 Å². The van der Waals surface area contributed by atoms with E-state index in [2.05, 4.69) is 4.98 Å². The van der Waals surface area contributed by atoms with E-state index in [1.54, 1.807) is 44.4 Å². The summed E-state index contributed by atoms with van der Waals surface area (Å²) in [6.07, 6.45) is 0. The molecule has 6 heteroatoms. The van der Waals surface area contributed by atoms with Crippen LogP contribution in [0.4, 0.5) is 11.5 Å². The summed E-state index contributed by atoms with van der Waals surface area (Å²) in [7, 11) is 1.81. The van der Waals surface area contributed by atoms with Gasteiger partial charge < -0.3 is 26.2 Å². The fourth-order valence-corrected chi connectivity index (χ4v) is 2.46. The standard InChI is InChI=1S/C16H24N4O2/c1-15(2,21)9-8-12(20(5)14(9)18)11-7-6-10(17)13(19-11)16(3,4)22/h6-8,21-22H,17-18H2,1-5H3. The maximum atomic E-state index is 10.2. The SMILES string of the molecule is Cn1c(-c2ccc(N)c(C(C)(C)O)n2)cc(C(C)(C)O)c1N. The molecule has 2 aromatic heterocycles.